The van der Waals surface area contributed by atoms with Crippen LogP contribution in [0.2, 0.25) is 0 Å². The zero-order valence-corrected chi connectivity index (χ0v) is 23.1. The summed E-state index contributed by atoms with van der Waals surface area (Å²) < 4.78 is 6.16. The summed E-state index contributed by atoms with van der Waals surface area (Å²) in [6.45, 7) is 3.02. The van der Waals surface area contributed by atoms with Crippen LogP contribution in [0.5, 0.6) is 5.75 Å². The summed E-state index contributed by atoms with van der Waals surface area (Å²) in [4.78, 5) is 22.2. The zero-order chi connectivity index (χ0) is 26.4. The van der Waals surface area contributed by atoms with Crippen molar-refractivity contribution in [2.75, 3.05) is 13.6 Å². The smallest absolute Gasteiger partial charge is 0.252 e. The zero-order valence-electron chi connectivity index (χ0n) is 21.3. The Bertz CT molecular complexity index is 1590. The van der Waals surface area contributed by atoms with E-state index in [0.29, 0.717) is 22.2 Å². The van der Waals surface area contributed by atoms with Crippen LogP contribution in [-0.2, 0) is 5.54 Å². The van der Waals surface area contributed by atoms with E-state index in [-0.39, 0.29) is 11.6 Å². The second-order valence-electron chi connectivity index (χ2n) is 10.3. The maximum Gasteiger partial charge on any atom is 0.252 e. The van der Waals surface area contributed by atoms with Gasteiger partial charge in [-0.2, -0.15) is 5.26 Å². The van der Waals surface area contributed by atoms with E-state index >= 15 is 0 Å². The van der Waals surface area contributed by atoms with Crippen LogP contribution in [0, 0.1) is 18.3 Å². The highest BCUT2D eigenvalue weighted by Crippen LogP contribution is 2.49. The summed E-state index contributed by atoms with van der Waals surface area (Å²) in [5.41, 5.74) is 3.88. The first-order chi connectivity index (χ1) is 18.4. The van der Waals surface area contributed by atoms with Gasteiger partial charge in [0.15, 0.2) is 0 Å². The molecule has 3 heterocycles. The molecule has 1 saturated heterocycles. The molecule has 6 rings (SSSR count). The average Bonchev–Trinajstić information content (AvgIpc) is 3.52. The van der Waals surface area contributed by atoms with Gasteiger partial charge in [-0.3, -0.25) is 9.78 Å². The molecule has 2 atom stereocenters. The molecule has 1 N–H and O–H groups in total. The number of carbonyl (C=O) groups excluding carboxylic acids is 1. The van der Waals surface area contributed by atoms with Gasteiger partial charge in [0, 0.05) is 28.1 Å². The molecule has 2 aliphatic rings. The highest BCUT2D eigenvalue weighted by atomic mass is 32.1. The number of aryl methyl sites for hydroxylation is 1. The Morgan fingerprint density at radius 2 is 2.11 bits per heavy atom. The van der Waals surface area contributed by atoms with E-state index in [0.717, 1.165) is 58.3 Å². The van der Waals surface area contributed by atoms with E-state index in [9.17, 15) is 10.1 Å². The Morgan fingerprint density at radius 3 is 2.79 bits per heavy atom. The topological polar surface area (TPSA) is 78.2 Å². The van der Waals surface area contributed by atoms with Crippen molar-refractivity contribution in [1.82, 2.24) is 15.2 Å². The number of likely N-dealkylation sites (N-methyl/N-ethyl adjacent to an activating group) is 1. The van der Waals surface area contributed by atoms with E-state index in [2.05, 4.69) is 56.8 Å². The molecule has 0 spiro atoms. The molecule has 0 unspecified atom stereocenters. The van der Waals surface area contributed by atoms with Crippen molar-refractivity contribution in [3.05, 3.63) is 82.4 Å². The Labute approximate surface area is 229 Å². The third-order valence-corrected chi connectivity index (χ3v) is 9.29. The van der Waals surface area contributed by atoms with Crippen LogP contribution >= 0.6 is 11.3 Å². The number of thiophene rings is 1. The molecule has 3 radical (unpaired) electrons. The van der Waals surface area contributed by atoms with Crippen LogP contribution in [-0.4, -0.2) is 51.4 Å². The quantitative estimate of drug-likeness (QED) is 0.332. The number of nitrogens with one attached hydrogen (secondary N) is 1. The third kappa shape index (κ3) is 4.51. The van der Waals surface area contributed by atoms with Gasteiger partial charge >= 0.3 is 0 Å². The normalized spacial score (nSPS) is 18.8. The van der Waals surface area contributed by atoms with Crippen molar-refractivity contribution < 1.29 is 9.53 Å². The Morgan fingerprint density at radius 1 is 1.26 bits per heavy atom. The molecule has 8 heteroatoms. The average molecular weight is 536 g/mol. The van der Waals surface area contributed by atoms with Crippen LogP contribution in [0.25, 0.3) is 21.3 Å². The van der Waals surface area contributed by atoms with E-state index < -0.39 is 5.54 Å². The minimum absolute atomic E-state index is 0.109. The maximum absolute atomic E-state index is 13.7. The molecule has 4 aromatic rings. The molecule has 2 aromatic carbocycles. The molecule has 1 aliphatic heterocycles. The van der Waals surface area contributed by atoms with Crippen LogP contribution in [0.3, 0.4) is 0 Å². The van der Waals surface area contributed by atoms with Gasteiger partial charge in [-0.05, 0) is 98.9 Å². The number of nitriles is 1. The lowest BCUT2D eigenvalue weighted by molar-refractivity contribution is 0.0562. The molecular weight excluding hydrogens is 509 g/mol. The van der Waals surface area contributed by atoms with Gasteiger partial charge in [0.25, 0.3) is 5.91 Å². The molecule has 1 amide bonds. The Hall–Kier alpha value is -3.51. The second kappa shape index (κ2) is 9.66. The van der Waals surface area contributed by atoms with E-state index in [1.54, 1.807) is 6.20 Å². The van der Waals surface area contributed by atoms with E-state index in [1.807, 2.05) is 43.3 Å². The van der Waals surface area contributed by atoms with Gasteiger partial charge in [-0.15, -0.1) is 11.3 Å². The first-order valence-corrected chi connectivity index (χ1v) is 14.2. The minimum Gasteiger partial charge on any atom is -0.493 e. The third-order valence-electron chi connectivity index (χ3n) is 7.75. The fourth-order valence-electron chi connectivity index (χ4n) is 5.21. The molecule has 6 nitrogen and oxygen atoms in total. The fraction of sp³-hybridized carbons (Fsp3) is 0.300. The number of hydrogen-bond acceptors (Lipinski definition) is 6. The van der Waals surface area contributed by atoms with Gasteiger partial charge in [-0.1, -0.05) is 12.1 Å². The van der Waals surface area contributed by atoms with Crippen molar-refractivity contribution in [1.29, 1.82) is 5.26 Å². The first kappa shape index (κ1) is 24.8. The summed E-state index contributed by atoms with van der Waals surface area (Å²) in [5, 5.41) is 13.7. The summed E-state index contributed by atoms with van der Waals surface area (Å²) in [7, 11) is 5.81. The molecule has 1 saturated carbocycles. The molecule has 1 aliphatic carbocycles. The van der Waals surface area contributed by atoms with Gasteiger partial charge in [0.1, 0.15) is 16.7 Å². The number of pyridine rings is 1. The Kier molecular flexibility index (Phi) is 6.30. The van der Waals surface area contributed by atoms with E-state index in [4.69, 9.17) is 4.74 Å². The number of nitrogens with zero attached hydrogens (tertiary/aromatic N) is 3. The van der Waals surface area contributed by atoms with Crippen LogP contribution < -0.4 is 10.1 Å². The number of amides is 1. The van der Waals surface area contributed by atoms with Crippen LogP contribution in [0.4, 0.5) is 0 Å². The lowest BCUT2D eigenvalue weighted by atomic mass is 9.95. The van der Waals surface area contributed by atoms with Crippen LogP contribution in [0.1, 0.15) is 45.6 Å². The highest BCUT2D eigenvalue weighted by Gasteiger charge is 2.47. The molecular formula is C30H27N4O2SSi. The number of likely N-dealkylation sites (tertiary alicyclic amines) is 1. The van der Waals surface area contributed by atoms with Crippen molar-refractivity contribution in [3.63, 3.8) is 0 Å². The van der Waals surface area contributed by atoms with Gasteiger partial charge in [-0.25, -0.2) is 0 Å². The predicted molar refractivity (Wildman–Crippen MR) is 151 cm³/mol. The van der Waals surface area contributed by atoms with Crippen molar-refractivity contribution in [2.45, 2.75) is 43.5 Å². The summed E-state index contributed by atoms with van der Waals surface area (Å²) in [6, 6.07) is 20.3. The molecule has 189 valence electrons. The van der Waals surface area contributed by atoms with Gasteiger partial charge < -0.3 is 15.0 Å². The summed E-state index contributed by atoms with van der Waals surface area (Å²) in [5.74, 6) is 0.565. The number of fused-ring (bicyclic) bond motifs is 1. The number of ether oxygens (including phenoxy) is 1. The number of benzene rings is 2. The largest absolute Gasteiger partial charge is 0.493 e. The number of carbonyl (C=O) groups is 1. The number of rotatable bonds is 7. The van der Waals surface area contributed by atoms with E-state index in [1.165, 1.54) is 11.3 Å². The molecule has 2 aromatic heterocycles. The van der Waals surface area contributed by atoms with Crippen LogP contribution in [0.15, 0.2) is 60.8 Å². The lowest BCUT2D eigenvalue weighted by Gasteiger charge is -2.41. The highest BCUT2D eigenvalue weighted by molar-refractivity contribution is 7.16. The fourth-order valence-corrected chi connectivity index (χ4v) is 6.56. The monoisotopic (exact) mass is 535 g/mol. The minimum atomic E-state index is -0.459. The summed E-state index contributed by atoms with van der Waals surface area (Å²) >= 11 is 1.46. The van der Waals surface area contributed by atoms with Crippen molar-refractivity contribution in [3.8, 4) is 22.3 Å². The number of aromatic nitrogens is 1. The van der Waals surface area contributed by atoms with Crippen molar-refractivity contribution in [2.24, 2.45) is 0 Å². The first-order valence-electron chi connectivity index (χ1n) is 12.8. The van der Waals surface area contributed by atoms with Gasteiger partial charge in [0.2, 0.25) is 0 Å². The summed E-state index contributed by atoms with van der Waals surface area (Å²) in [6.07, 6.45) is 4.58. The Balaban J connectivity index is 1.31. The standard InChI is InChI=1S/C30H27N4O2SSi/c1-18-5-6-20(36-29(38)26-9-13-34(26)2)16-23(18)28(35)33-30(10-11-30)24-14-19(27-8-7-21(17-31)37-27)15-25-22(24)4-3-12-32-25/h3-8,12,14-16,26,29H,9-11,13H2,1-2H3,(H,33,35)/t26-,29-/m0/s1. The predicted octanol–water partition coefficient (Wildman–Crippen LogP) is 5.14. The lowest BCUT2D eigenvalue weighted by Crippen LogP contribution is -2.53. The second-order valence-corrected chi connectivity index (χ2v) is 11.9. The molecule has 38 heavy (non-hydrogen) atoms. The SMILES string of the molecule is Cc1ccc(O[C@@H]([Si])[C@@H]2CCN2C)cc1C(=O)NC1(c2cc(-c3ccc(C#N)s3)cc3ncccc23)CC1. The van der Waals surface area contributed by atoms with Gasteiger partial charge in [0.05, 0.1) is 27.0 Å². The number of hydrogen-bond donors (Lipinski definition) is 1. The van der Waals surface area contributed by atoms with Crippen molar-refractivity contribution >= 4 is 38.4 Å². The maximum atomic E-state index is 13.7. The molecule has 2 fully saturated rings. The molecule has 0 bridgehead atoms.